The van der Waals surface area contributed by atoms with E-state index in [0.29, 0.717) is 18.9 Å². The van der Waals surface area contributed by atoms with Gasteiger partial charge in [0.25, 0.3) is 0 Å². The van der Waals surface area contributed by atoms with Crippen LogP contribution in [0.1, 0.15) is 31.9 Å². The monoisotopic (exact) mass is 358 g/mol. The number of H-pyrrole nitrogens is 1. The Bertz CT molecular complexity index is 746. The summed E-state index contributed by atoms with van der Waals surface area (Å²) in [6, 6.07) is 6.31. The molecule has 0 unspecified atom stereocenters. The summed E-state index contributed by atoms with van der Waals surface area (Å²) in [6.07, 6.45) is -0.235. The number of carbonyl (C=O) groups is 1. The first-order chi connectivity index (χ1) is 12.3. The van der Waals surface area contributed by atoms with Crippen molar-refractivity contribution in [2.24, 2.45) is 0 Å². The average molecular weight is 358 g/mol. The van der Waals surface area contributed by atoms with Gasteiger partial charge in [-0.05, 0) is 49.8 Å². The molecule has 1 aliphatic rings. The van der Waals surface area contributed by atoms with Gasteiger partial charge >= 0.3 is 6.09 Å². The molecule has 0 spiro atoms. The third-order valence-corrected chi connectivity index (χ3v) is 4.28. The fraction of sp³-hybridized carbons (Fsp3) is 0.556. The third kappa shape index (κ3) is 4.57. The van der Waals surface area contributed by atoms with E-state index in [2.05, 4.69) is 50.6 Å². The van der Waals surface area contributed by atoms with Crippen LogP contribution in [0.4, 0.5) is 4.79 Å². The van der Waals surface area contributed by atoms with Gasteiger partial charge in [-0.15, -0.1) is 5.10 Å². The van der Waals surface area contributed by atoms with E-state index in [4.69, 9.17) is 4.74 Å². The van der Waals surface area contributed by atoms with Crippen LogP contribution in [0, 0.1) is 6.92 Å². The standard InChI is InChI=1S/C18H26N6O2/c1-13-5-6-14(15(11-13)16-19-21-22-20-16)12-23-7-9-24(10-8-23)17(25)26-18(2,3)4/h5-6,11H,7-10,12H2,1-4H3,(H,19,20,21,22). The molecule has 1 aliphatic heterocycles. The summed E-state index contributed by atoms with van der Waals surface area (Å²) < 4.78 is 5.45. The van der Waals surface area contributed by atoms with E-state index in [1.54, 1.807) is 4.90 Å². The van der Waals surface area contributed by atoms with Gasteiger partial charge in [0.15, 0.2) is 5.82 Å². The molecule has 140 valence electrons. The smallest absolute Gasteiger partial charge is 0.410 e. The van der Waals surface area contributed by atoms with Crippen LogP contribution in [0.3, 0.4) is 0 Å². The van der Waals surface area contributed by atoms with Crippen molar-refractivity contribution in [1.29, 1.82) is 0 Å². The minimum absolute atomic E-state index is 0.235. The van der Waals surface area contributed by atoms with E-state index in [0.717, 1.165) is 30.8 Å². The maximum atomic E-state index is 12.2. The van der Waals surface area contributed by atoms with Crippen molar-refractivity contribution in [1.82, 2.24) is 30.4 Å². The topological polar surface area (TPSA) is 87.2 Å². The van der Waals surface area contributed by atoms with E-state index in [1.165, 1.54) is 5.56 Å². The molecule has 2 aromatic rings. The first-order valence-corrected chi connectivity index (χ1v) is 8.86. The van der Waals surface area contributed by atoms with Crippen molar-refractivity contribution >= 4 is 6.09 Å². The molecule has 0 atom stereocenters. The predicted octanol–water partition coefficient (Wildman–Crippen LogP) is 2.23. The van der Waals surface area contributed by atoms with Crippen LogP contribution in [0.25, 0.3) is 11.4 Å². The van der Waals surface area contributed by atoms with Gasteiger partial charge in [-0.1, -0.05) is 17.7 Å². The van der Waals surface area contributed by atoms with Crippen LogP contribution in [0.5, 0.6) is 0 Å². The van der Waals surface area contributed by atoms with Gasteiger partial charge in [0.1, 0.15) is 5.60 Å². The van der Waals surface area contributed by atoms with E-state index >= 15 is 0 Å². The van der Waals surface area contributed by atoms with Crippen LogP contribution in [0.15, 0.2) is 18.2 Å². The minimum atomic E-state index is -0.462. The van der Waals surface area contributed by atoms with Gasteiger partial charge < -0.3 is 9.64 Å². The molecule has 0 saturated carbocycles. The molecule has 1 aromatic carbocycles. The molecule has 1 saturated heterocycles. The number of piperazine rings is 1. The largest absolute Gasteiger partial charge is 0.444 e. The van der Waals surface area contributed by atoms with Crippen LogP contribution >= 0.6 is 0 Å². The lowest BCUT2D eigenvalue weighted by Crippen LogP contribution is -2.49. The van der Waals surface area contributed by atoms with E-state index in [1.807, 2.05) is 20.8 Å². The first kappa shape index (κ1) is 18.3. The number of amides is 1. The number of aryl methyl sites for hydroxylation is 1. The molecule has 0 aliphatic carbocycles. The van der Waals surface area contributed by atoms with Crippen molar-refractivity contribution in [3.63, 3.8) is 0 Å². The molecular weight excluding hydrogens is 332 g/mol. The molecule has 1 fully saturated rings. The number of nitrogens with zero attached hydrogens (tertiary/aromatic N) is 5. The Kier molecular flexibility index (Phi) is 5.22. The Labute approximate surface area is 153 Å². The Morgan fingerprint density at radius 3 is 2.58 bits per heavy atom. The second kappa shape index (κ2) is 7.41. The van der Waals surface area contributed by atoms with Crippen molar-refractivity contribution in [2.45, 2.75) is 39.8 Å². The molecular formula is C18H26N6O2. The normalized spacial score (nSPS) is 15.9. The maximum Gasteiger partial charge on any atom is 0.410 e. The number of aromatic amines is 1. The lowest BCUT2D eigenvalue weighted by atomic mass is 10.0. The molecule has 0 radical (unpaired) electrons. The van der Waals surface area contributed by atoms with E-state index in [-0.39, 0.29) is 6.09 Å². The zero-order valence-corrected chi connectivity index (χ0v) is 15.8. The fourth-order valence-electron chi connectivity index (χ4n) is 2.98. The molecule has 1 amide bonds. The number of nitrogens with one attached hydrogen (secondary N) is 1. The Balaban J connectivity index is 1.63. The van der Waals surface area contributed by atoms with Crippen molar-refractivity contribution in [2.75, 3.05) is 26.2 Å². The summed E-state index contributed by atoms with van der Waals surface area (Å²) in [7, 11) is 0. The summed E-state index contributed by atoms with van der Waals surface area (Å²) in [5, 5.41) is 14.3. The highest BCUT2D eigenvalue weighted by Gasteiger charge is 2.26. The summed E-state index contributed by atoms with van der Waals surface area (Å²) in [5.41, 5.74) is 2.88. The number of aromatic nitrogens is 4. The number of rotatable bonds is 3. The number of hydrogen-bond donors (Lipinski definition) is 1. The van der Waals surface area contributed by atoms with Gasteiger partial charge in [0, 0.05) is 38.3 Å². The lowest BCUT2D eigenvalue weighted by Gasteiger charge is -2.35. The van der Waals surface area contributed by atoms with Crippen LogP contribution in [0.2, 0.25) is 0 Å². The Morgan fingerprint density at radius 2 is 1.96 bits per heavy atom. The van der Waals surface area contributed by atoms with Gasteiger partial charge in [-0.3, -0.25) is 4.90 Å². The van der Waals surface area contributed by atoms with Crippen molar-refractivity contribution < 1.29 is 9.53 Å². The molecule has 8 heteroatoms. The molecule has 2 heterocycles. The SMILES string of the molecule is Cc1ccc(CN2CCN(C(=O)OC(C)(C)C)CC2)c(-c2nnn[nH]2)c1. The van der Waals surface area contributed by atoms with Crippen LogP contribution in [-0.4, -0.2) is 68.3 Å². The average Bonchev–Trinajstić information content (AvgIpc) is 3.10. The van der Waals surface area contributed by atoms with Crippen molar-refractivity contribution in [3.05, 3.63) is 29.3 Å². The Morgan fingerprint density at radius 1 is 1.23 bits per heavy atom. The number of ether oxygens (including phenoxy) is 1. The second-order valence-electron chi connectivity index (χ2n) is 7.65. The fourth-order valence-corrected chi connectivity index (χ4v) is 2.98. The highest BCUT2D eigenvalue weighted by molar-refractivity contribution is 5.68. The highest BCUT2D eigenvalue weighted by Crippen LogP contribution is 2.23. The molecule has 3 rings (SSSR count). The number of hydrogen-bond acceptors (Lipinski definition) is 6. The number of tetrazole rings is 1. The molecule has 8 nitrogen and oxygen atoms in total. The maximum absolute atomic E-state index is 12.2. The first-order valence-electron chi connectivity index (χ1n) is 8.86. The Hall–Kier alpha value is -2.48. The molecule has 26 heavy (non-hydrogen) atoms. The summed E-state index contributed by atoms with van der Waals surface area (Å²) >= 11 is 0. The third-order valence-electron chi connectivity index (χ3n) is 4.28. The van der Waals surface area contributed by atoms with Gasteiger partial charge in [0.05, 0.1) is 0 Å². The molecule has 0 bridgehead atoms. The zero-order chi connectivity index (χ0) is 18.7. The summed E-state index contributed by atoms with van der Waals surface area (Å²) in [5.74, 6) is 0.677. The van der Waals surface area contributed by atoms with E-state index < -0.39 is 5.60 Å². The summed E-state index contributed by atoms with van der Waals surface area (Å²) in [4.78, 5) is 16.3. The van der Waals surface area contributed by atoms with Gasteiger partial charge in [0.2, 0.25) is 0 Å². The van der Waals surface area contributed by atoms with Gasteiger partial charge in [-0.2, -0.15) is 0 Å². The number of carbonyl (C=O) groups excluding carboxylic acids is 1. The second-order valence-corrected chi connectivity index (χ2v) is 7.65. The lowest BCUT2D eigenvalue weighted by molar-refractivity contribution is 0.0139. The molecule has 1 N–H and O–H groups in total. The molecule has 1 aromatic heterocycles. The van der Waals surface area contributed by atoms with Crippen molar-refractivity contribution in [3.8, 4) is 11.4 Å². The predicted molar refractivity (Wildman–Crippen MR) is 97.4 cm³/mol. The van der Waals surface area contributed by atoms with Crippen LogP contribution < -0.4 is 0 Å². The zero-order valence-electron chi connectivity index (χ0n) is 15.8. The highest BCUT2D eigenvalue weighted by atomic mass is 16.6. The summed E-state index contributed by atoms with van der Waals surface area (Å²) in [6.45, 7) is 11.5. The quantitative estimate of drug-likeness (QED) is 0.905. The van der Waals surface area contributed by atoms with Gasteiger partial charge in [-0.25, -0.2) is 9.89 Å². The minimum Gasteiger partial charge on any atom is -0.444 e. The number of benzene rings is 1. The van der Waals surface area contributed by atoms with E-state index in [9.17, 15) is 4.79 Å². The van der Waals surface area contributed by atoms with Crippen LogP contribution in [-0.2, 0) is 11.3 Å².